The minimum atomic E-state index is -3.56. The number of benzene rings is 1. The summed E-state index contributed by atoms with van der Waals surface area (Å²) in [6, 6.07) is 6.14. The lowest BCUT2D eigenvalue weighted by atomic mass is 10.3. The van der Waals surface area contributed by atoms with E-state index in [9.17, 15) is 8.42 Å². The zero-order valence-electron chi connectivity index (χ0n) is 9.51. The maximum atomic E-state index is 12.0. The zero-order valence-corrected chi connectivity index (χ0v) is 10.3. The predicted molar refractivity (Wildman–Crippen MR) is 62.4 cm³/mol. The van der Waals surface area contributed by atoms with E-state index in [4.69, 9.17) is 9.84 Å². The molecule has 2 rings (SSSR count). The van der Waals surface area contributed by atoms with Crippen molar-refractivity contribution in [3.05, 3.63) is 24.3 Å². The molecule has 6 heteroatoms. The Hall–Kier alpha value is -1.11. The van der Waals surface area contributed by atoms with Crippen molar-refractivity contribution in [3.8, 4) is 5.75 Å². The topological polar surface area (TPSA) is 75.6 Å². The molecular weight excluding hydrogens is 242 g/mol. The molecule has 0 spiro atoms. The van der Waals surface area contributed by atoms with E-state index < -0.39 is 15.6 Å². The number of sulfonamides is 1. The van der Waals surface area contributed by atoms with E-state index in [1.54, 1.807) is 12.1 Å². The fourth-order valence-electron chi connectivity index (χ4n) is 1.54. The van der Waals surface area contributed by atoms with Crippen molar-refractivity contribution in [1.82, 2.24) is 4.72 Å². The molecule has 1 aliphatic carbocycles. The minimum Gasteiger partial charge on any atom is -0.497 e. The molecule has 1 aliphatic rings. The van der Waals surface area contributed by atoms with Crippen LogP contribution in [-0.4, -0.2) is 32.8 Å². The van der Waals surface area contributed by atoms with Gasteiger partial charge in [0.2, 0.25) is 10.0 Å². The number of aliphatic hydroxyl groups is 1. The lowest BCUT2D eigenvalue weighted by Crippen LogP contribution is -2.39. The van der Waals surface area contributed by atoms with Crippen LogP contribution < -0.4 is 9.46 Å². The quantitative estimate of drug-likeness (QED) is 0.805. The van der Waals surface area contributed by atoms with Crippen molar-refractivity contribution in [2.75, 3.05) is 13.7 Å². The Balaban J connectivity index is 2.19. The lowest BCUT2D eigenvalue weighted by molar-refractivity contribution is 0.246. The van der Waals surface area contributed by atoms with E-state index in [-0.39, 0.29) is 11.5 Å². The Morgan fingerprint density at radius 2 is 1.94 bits per heavy atom. The number of rotatable bonds is 5. The molecule has 5 nitrogen and oxygen atoms in total. The van der Waals surface area contributed by atoms with Gasteiger partial charge in [-0.05, 0) is 37.1 Å². The van der Waals surface area contributed by atoms with Crippen LogP contribution >= 0.6 is 0 Å². The second-order valence-corrected chi connectivity index (χ2v) is 5.90. The fraction of sp³-hybridized carbons (Fsp3) is 0.455. The van der Waals surface area contributed by atoms with Gasteiger partial charge in [-0.15, -0.1) is 0 Å². The highest BCUT2D eigenvalue weighted by Gasteiger charge is 2.45. The van der Waals surface area contributed by atoms with Crippen LogP contribution in [-0.2, 0) is 10.0 Å². The molecule has 94 valence electrons. The van der Waals surface area contributed by atoms with Gasteiger partial charge in [0.05, 0.1) is 24.2 Å². The second kappa shape index (κ2) is 4.29. The van der Waals surface area contributed by atoms with Crippen LogP contribution in [0.2, 0.25) is 0 Å². The van der Waals surface area contributed by atoms with Gasteiger partial charge < -0.3 is 9.84 Å². The lowest BCUT2D eigenvalue weighted by Gasteiger charge is -2.14. The molecular formula is C11H15NO4S. The minimum absolute atomic E-state index is 0.164. The van der Waals surface area contributed by atoms with Crippen molar-refractivity contribution in [2.45, 2.75) is 23.3 Å². The van der Waals surface area contributed by atoms with Crippen molar-refractivity contribution < 1.29 is 18.3 Å². The summed E-state index contributed by atoms with van der Waals surface area (Å²) < 4.78 is 31.5. The van der Waals surface area contributed by atoms with Crippen LogP contribution in [0.4, 0.5) is 0 Å². The largest absolute Gasteiger partial charge is 0.497 e. The maximum Gasteiger partial charge on any atom is 0.241 e. The Morgan fingerprint density at radius 1 is 1.35 bits per heavy atom. The number of aliphatic hydroxyl groups excluding tert-OH is 1. The maximum absolute atomic E-state index is 12.0. The van der Waals surface area contributed by atoms with Gasteiger partial charge in [0.25, 0.3) is 0 Å². The molecule has 0 aromatic heterocycles. The van der Waals surface area contributed by atoms with Gasteiger partial charge in [-0.1, -0.05) is 0 Å². The van der Waals surface area contributed by atoms with Gasteiger partial charge in [0.15, 0.2) is 0 Å². The zero-order chi connectivity index (χ0) is 12.5. The molecule has 0 aliphatic heterocycles. The third-order valence-electron chi connectivity index (χ3n) is 2.88. The molecule has 0 heterocycles. The van der Waals surface area contributed by atoms with Crippen LogP contribution in [0.25, 0.3) is 0 Å². The first-order valence-corrected chi connectivity index (χ1v) is 6.79. The predicted octanol–water partition coefficient (Wildman–Crippen LogP) is 0.498. The van der Waals surface area contributed by atoms with Gasteiger partial charge in [-0.25, -0.2) is 13.1 Å². The average molecular weight is 257 g/mol. The van der Waals surface area contributed by atoms with E-state index >= 15 is 0 Å². The van der Waals surface area contributed by atoms with E-state index in [0.717, 1.165) is 0 Å². The van der Waals surface area contributed by atoms with Gasteiger partial charge in [0, 0.05) is 0 Å². The van der Waals surface area contributed by atoms with Crippen LogP contribution in [0.15, 0.2) is 29.2 Å². The van der Waals surface area contributed by atoms with E-state index in [1.807, 2.05) is 0 Å². The molecule has 0 atom stereocenters. The summed E-state index contributed by atoms with van der Waals surface area (Å²) in [7, 11) is -2.04. The second-order valence-electron chi connectivity index (χ2n) is 4.22. The smallest absolute Gasteiger partial charge is 0.241 e. The summed E-state index contributed by atoms with van der Waals surface area (Å²) in [4.78, 5) is 0.179. The Labute approximate surface area is 100 Å². The number of hydrogen-bond acceptors (Lipinski definition) is 4. The highest BCUT2D eigenvalue weighted by Crippen LogP contribution is 2.36. The summed E-state index contributed by atoms with van der Waals surface area (Å²) in [5, 5.41) is 9.10. The molecule has 1 aromatic carbocycles. The molecule has 0 unspecified atom stereocenters. The molecule has 0 radical (unpaired) electrons. The third-order valence-corrected chi connectivity index (χ3v) is 4.47. The van der Waals surface area contributed by atoms with Crippen molar-refractivity contribution >= 4 is 10.0 Å². The third kappa shape index (κ3) is 2.59. The van der Waals surface area contributed by atoms with Crippen LogP contribution in [0.3, 0.4) is 0 Å². The van der Waals surface area contributed by atoms with Crippen LogP contribution in [0.1, 0.15) is 12.8 Å². The van der Waals surface area contributed by atoms with Gasteiger partial charge >= 0.3 is 0 Å². The van der Waals surface area contributed by atoms with Crippen LogP contribution in [0.5, 0.6) is 5.75 Å². The van der Waals surface area contributed by atoms with Gasteiger partial charge in [0.1, 0.15) is 5.75 Å². The van der Waals surface area contributed by atoms with Gasteiger partial charge in [-0.2, -0.15) is 0 Å². The molecule has 0 amide bonds. The Morgan fingerprint density at radius 3 is 2.35 bits per heavy atom. The highest BCUT2D eigenvalue weighted by molar-refractivity contribution is 7.89. The first kappa shape index (κ1) is 12.3. The van der Waals surface area contributed by atoms with E-state index in [0.29, 0.717) is 18.6 Å². The molecule has 2 N–H and O–H groups in total. The number of hydrogen-bond donors (Lipinski definition) is 2. The summed E-state index contributed by atoms with van der Waals surface area (Å²) in [6.45, 7) is -0.164. The summed E-state index contributed by atoms with van der Waals surface area (Å²) in [5.74, 6) is 0.604. The first-order chi connectivity index (χ1) is 8.01. The monoisotopic (exact) mass is 257 g/mol. The van der Waals surface area contributed by atoms with Crippen molar-refractivity contribution in [1.29, 1.82) is 0 Å². The number of nitrogens with one attached hydrogen (secondary N) is 1. The molecule has 17 heavy (non-hydrogen) atoms. The summed E-state index contributed by atoms with van der Waals surface area (Å²) >= 11 is 0. The molecule has 1 fully saturated rings. The Bertz CT molecular complexity index is 491. The normalized spacial score (nSPS) is 17.8. The first-order valence-electron chi connectivity index (χ1n) is 5.30. The van der Waals surface area contributed by atoms with Crippen molar-refractivity contribution in [2.24, 2.45) is 0 Å². The standard InChI is InChI=1S/C11H15NO4S/c1-16-9-2-4-10(5-3-9)17(14,15)12-11(8-13)6-7-11/h2-5,12-13H,6-8H2,1H3. The number of methoxy groups -OCH3 is 1. The molecule has 0 bridgehead atoms. The Kier molecular flexibility index (Phi) is 3.11. The summed E-state index contributed by atoms with van der Waals surface area (Å²) in [5.41, 5.74) is -0.640. The highest BCUT2D eigenvalue weighted by atomic mass is 32.2. The molecule has 1 saturated carbocycles. The SMILES string of the molecule is COc1ccc(S(=O)(=O)NC2(CO)CC2)cc1. The fourth-order valence-corrected chi connectivity index (χ4v) is 2.99. The molecule has 1 aromatic rings. The average Bonchev–Trinajstić information content (AvgIpc) is 3.09. The molecule has 0 saturated heterocycles. The van der Waals surface area contributed by atoms with Crippen molar-refractivity contribution in [3.63, 3.8) is 0 Å². The number of ether oxygens (including phenoxy) is 1. The van der Waals surface area contributed by atoms with Gasteiger partial charge in [-0.3, -0.25) is 0 Å². The van der Waals surface area contributed by atoms with E-state index in [1.165, 1.54) is 19.2 Å². The van der Waals surface area contributed by atoms with E-state index in [2.05, 4.69) is 4.72 Å². The summed E-state index contributed by atoms with van der Waals surface area (Å²) in [6.07, 6.45) is 1.36. The van der Waals surface area contributed by atoms with Crippen LogP contribution in [0, 0.1) is 0 Å².